The molecular formula is C13H17Cl2NO. The van der Waals surface area contributed by atoms with Crippen molar-refractivity contribution in [1.29, 1.82) is 0 Å². The van der Waals surface area contributed by atoms with Crippen LogP contribution in [-0.2, 0) is 0 Å². The smallest absolute Gasteiger partial charge is 0.178 e. The SMILES string of the molecule is CC(C)CN(C)CC(=O)c1ccc(Cl)cc1Cl. The van der Waals surface area contributed by atoms with Crippen molar-refractivity contribution in [2.45, 2.75) is 13.8 Å². The number of Topliss-reactive ketones (excluding diaryl/α,β-unsaturated/α-hetero) is 1. The third-order valence-corrected chi connectivity index (χ3v) is 2.87. The molecule has 0 N–H and O–H groups in total. The van der Waals surface area contributed by atoms with Gasteiger partial charge >= 0.3 is 0 Å². The van der Waals surface area contributed by atoms with Crippen molar-refractivity contribution in [3.8, 4) is 0 Å². The molecule has 0 aromatic heterocycles. The van der Waals surface area contributed by atoms with E-state index in [1.54, 1.807) is 18.2 Å². The number of rotatable bonds is 5. The monoisotopic (exact) mass is 273 g/mol. The summed E-state index contributed by atoms with van der Waals surface area (Å²) in [6.45, 7) is 5.50. The van der Waals surface area contributed by atoms with Gasteiger partial charge in [0, 0.05) is 17.1 Å². The molecule has 0 radical (unpaired) electrons. The van der Waals surface area contributed by atoms with Gasteiger partial charge < -0.3 is 0 Å². The number of ketones is 1. The molecule has 0 fully saturated rings. The molecule has 1 aromatic rings. The van der Waals surface area contributed by atoms with E-state index in [-0.39, 0.29) is 5.78 Å². The fourth-order valence-electron chi connectivity index (χ4n) is 1.73. The van der Waals surface area contributed by atoms with Crippen LogP contribution in [0.4, 0.5) is 0 Å². The van der Waals surface area contributed by atoms with Gasteiger partial charge in [-0.25, -0.2) is 0 Å². The third kappa shape index (κ3) is 4.66. The quantitative estimate of drug-likeness (QED) is 0.762. The average molecular weight is 274 g/mol. The van der Waals surface area contributed by atoms with Crippen LogP contribution in [-0.4, -0.2) is 30.8 Å². The van der Waals surface area contributed by atoms with Crippen LogP contribution in [0, 0.1) is 5.92 Å². The van der Waals surface area contributed by atoms with E-state index in [0.717, 1.165) is 6.54 Å². The van der Waals surface area contributed by atoms with Crippen molar-refractivity contribution < 1.29 is 4.79 Å². The van der Waals surface area contributed by atoms with E-state index in [1.807, 2.05) is 11.9 Å². The Kier molecular flexibility index (Phi) is 5.44. The molecule has 1 aromatic carbocycles. The van der Waals surface area contributed by atoms with E-state index in [2.05, 4.69) is 13.8 Å². The van der Waals surface area contributed by atoms with Crippen molar-refractivity contribution in [2.24, 2.45) is 5.92 Å². The maximum Gasteiger partial charge on any atom is 0.178 e. The Balaban J connectivity index is 2.70. The van der Waals surface area contributed by atoms with E-state index in [0.29, 0.717) is 28.1 Å². The van der Waals surface area contributed by atoms with Gasteiger partial charge in [-0.1, -0.05) is 37.0 Å². The van der Waals surface area contributed by atoms with Crippen LogP contribution in [0.15, 0.2) is 18.2 Å². The van der Waals surface area contributed by atoms with E-state index < -0.39 is 0 Å². The molecule has 0 bridgehead atoms. The molecular weight excluding hydrogens is 257 g/mol. The average Bonchev–Trinajstić information content (AvgIpc) is 2.15. The van der Waals surface area contributed by atoms with Gasteiger partial charge in [-0.05, 0) is 31.2 Å². The zero-order valence-electron chi connectivity index (χ0n) is 10.3. The molecule has 0 heterocycles. The summed E-state index contributed by atoms with van der Waals surface area (Å²) < 4.78 is 0. The summed E-state index contributed by atoms with van der Waals surface area (Å²) >= 11 is 11.8. The van der Waals surface area contributed by atoms with Crippen LogP contribution in [0.2, 0.25) is 10.0 Å². The van der Waals surface area contributed by atoms with Crippen LogP contribution in [0.3, 0.4) is 0 Å². The Morgan fingerprint density at radius 1 is 1.35 bits per heavy atom. The predicted molar refractivity (Wildman–Crippen MR) is 73.1 cm³/mol. The number of likely N-dealkylation sites (N-methyl/N-ethyl adjacent to an activating group) is 1. The highest BCUT2D eigenvalue weighted by atomic mass is 35.5. The first-order valence-electron chi connectivity index (χ1n) is 5.57. The number of benzene rings is 1. The number of carbonyl (C=O) groups excluding carboxylic acids is 1. The number of halogens is 2. The van der Waals surface area contributed by atoms with Crippen LogP contribution >= 0.6 is 23.2 Å². The van der Waals surface area contributed by atoms with Gasteiger partial charge in [0.2, 0.25) is 0 Å². The topological polar surface area (TPSA) is 20.3 Å². The zero-order chi connectivity index (χ0) is 13.0. The molecule has 0 aliphatic rings. The van der Waals surface area contributed by atoms with E-state index in [4.69, 9.17) is 23.2 Å². The normalized spacial score (nSPS) is 11.2. The Morgan fingerprint density at radius 3 is 2.53 bits per heavy atom. The van der Waals surface area contributed by atoms with Gasteiger partial charge in [-0.2, -0.15) is 0 Å². The summed E-state index contributed by atoms with van der Waals surface area (Å²) in [4.78, 5) is 14.0. The molecule has 17 heavy (non-hydrogen) atoms. The summed E-state index contributed by atoms with van der Waals surface area (Å²) in [7, 11) is 1.93. The highest BCUT2D eigenvalue weighted by Crippen LogP contribution is 2.21. The molecule has 2 nitrogen and oxygen atoms in total. The summed E-state index contributed by atoms with van der Waals surface area (Å²) in [5.74, 6) is 0.559. The van der Waals surface area contributed by atoms with Crippen LogP contribution in [0.5, 0.6) is 0 Å². The number of hydrogen-bond donors (Lipinski definition) is 0. The van der Waals surface area contributed by atoms with Gasteiger partial charge in [0.1, 0.15) is 0 Å². The van der Waals surface area contributed by atoms with E-state index in [1.165, 1.54) is 0 Å². The minimum atomic E-state index is 0.0230. The standard InChI is InChI=1S/C13H17Cl2NO/c1-9(2)7-16(3)8-13(17)11-5-4-10(14)6-12(11)15/h4-6,9H,7-8H2,1-3H3. The van der Waals surface area contributed by atoms with Gasteiger partial charge in [0.15, 0.2) is 5.78 Å². The molecule has 0 aliphatic heterocycles. The van der Waals surface area contributed by atoms with Crippen molar-refractivity contribution >= 4 is 29.0 Å². The molecule has 0 saturated carbocycles. The molecule has 0 spiro atoms. The predicted octanol–water partition coefficient (Wildman–Crippen LogP) is 3.76. The lowest BCUT2D eigenvalue weighted by atomic mass is 10.1. The first kappa shape index (κ1) is 14.5. The molecule has 94 valence electrons. The maximum atomic E-state index is 12.0. The third-order valence-electron chi connectivity index (χ3n) is 2.32. The fraction of sp³-hybridized carbons (Fsp3) is 0.462. The number of nitrogens with zero attached hydrogens (tertiary/aromatic N) is 1. The van der Waals surface area contributed by atoms with Gasteiger partial charge in [-0.15, -0.1) is 0 Å². The van der Waals surface area contributed by atoms with Crippen molar-refractivity contribution in [1.82, 2.24) is 4.90 Å². The molecule has 0 saturated heterocycles. The lowest BCUT2D eigenvalue weighted by Crippen LogP contribution is -2.29. The first-order chi connectivity index (χ1) is 7.90. The summed E-state index contributed by atoms with van der Waals surface area (Å²) in [5.41, 5.74) is 0.534. The Hall–Kier alpha value is -0.570. The maximum absolute atomic E-state index is 12.0. The molecule has 0 atom stereocenters. The lowest BCUT2D eigenvalue weighted by molar-refractivity contribution is 0.0941. The minimum Gasteiger partial charge on any atom is -0.299 e. The van der Waals surface area contributed by atoms with Gasteiger partial charge in [0.25, 0.3) is 0 Å². The van der Waals surface area contributed by atoms with Crippen molar-refractivity contribution in [2.75, 3.05) is 20.1 Å². The summed E-state index contributed by atoms with van der Waals surface area (Å²) in [6.07, 6.45) is 0. The van der Waals surface area contributed by atoms with Gasteiger partial charge in [0.05, 0.1) is 11.6 Å². The highest BCUT2D eigenvalue weighted by molar-refractivity contribution is 6.36. The second-order valence-electron chi connectivity index (χ2n) is 4.64. The van der Waals surface area contributed by atoms with Crippen LogP contribution in [0.25, 0.3) is 0 Å². The van der Waals surface area contributed by atoms with E-state index >= 15 is 0 Å². The number of carbonyl (C=O) groups is 1. The highest BCUT2D eigenvalue weighted by Gasteiger charge is 2.13. The van der Waals surface area contributed by atoms with Crippen molar-refractivity contribution in [3.63, 3.8) is 0 Å². The van der Waals surface area contributed by atoms with Crippen LogP contribution in [0.1, 0.15) is 24.2 Å². The van der Waals surface area contributed by atoms with Crippen molar-refractivity contribution in [3.05, 3.63) is 33.8 Å². The Bertz CT molecular complexity index is 404. The van der Waals surface area contributed by atoms with Crippen LogP contribution < -0.4 is 0 Å². The molecule has 0 amide bonds. The molecule has 0 unspecified atom stereocenters. The van der Waals surface area contributed by atoms with E-state index in [9.17, 15) is 4.79 Å². The molecule has 0 aliphatic carbocycles. The fourth-order valence-corrected chi connectivity index (χ4v) is 2.25. The second kappa shape index (κ2) is 6.39. The summed E-state index contributed by atoms with van der Waals surface area (Å²) in [5, 5.41) is 0.961. The zero-order valence-corrected chi connectivity index (χ0v) is 11.8. The number of hydrogen-bond acceptors (Lipinski definition) is 2. The summed E-state index contributed by atoms with van der Waals surface area (Å²) in [6, 6.07) is 4.96. The first-order valence-corrected chi connectivity index (χ1v) is 6.32. The molecule has 4 heteroatoms. The second-order valence-corrected chi connectivity index (χ2v) is 5.48. The largest absolute Gasteiger partial charge is 0.299 e. The Labute approximate surface area is 113 Å². The molecule has 1 rings (SSSR count). The van der Waals surface area contributed by atoms with Gasteiger partial charge in [-0.3, -0.25) is 9.69 Å². The lowest BCUT2D eigenvalue weighted by Gasteiger charge is -2.18. The Morgan fingerprint density at radius 2 is 2.00 bits per heavy atom. The minimum absolute atomic E-state index is 0.0230.